The van der Waals surface area contributed by atoms with Crippen molar-refractivity contribution in [1.29, 1.82) is 0 Å². The fourth-order valence-electron chi connectivity index (χ4n) is 1.84. The highest BCUT2D eigenvalue weighted by Gasteiger charge is 2.02. The fourth-order valence-corrected chi connectivity index (χ4v) is 2.44. The zero-order chi connectivity index (χ0) is 12.2. The van der Waals surface area contributed by atoms with Crippen LogP contribution in [0, 0.1) is 0 Å². The maximum Gasteiger partial charge on any atom is 0.145 e. The standard InChI is InChI=1S/C16H12OS/c1-2-9-14(10-3-1)18-17-16-12-6-8-13-7-4-5-11-15(13)16/h1-12H. The minimum Gasteiger partial charge on any atom is -0.420 e. The van der Waals surface area contributed by atoms with Gasteiger partial charge in [-0.05, 0) is 23.6 Å². The number of fused-ring (bicyclic) bond motifs is 1. The first-order chi connectivity index (χ1) is 8.93. The average Bonchev–Trinajstić information content (AvgIpc) is 2.46. The molecule has 3 rings (SSSR count). The monoisotopic (exact) mass is 252 g/mol. The Bertz CT molecular complexity index is 644. The first kappa shape index (κ1) is 11.2. The van der Waals surface area contributed by atoms with Gasteiger partial charge in [0.2, 0.25) is 0 Å². The molecule has 0 N–H and O–H groups in total. The highest BCUT2D eigenvalue weighted by atomic mass is 32.2. The van der Waals surface area contributed by atoms with Gasteiger partial charge in [-0.1, -0.05) is 54.6 Å². The van der Waals surface area contributed by atoms with Crippen molar-refractivity contribution in [1.82, 2.24) is 0 Å². The van der Waals surface area contributed by atoms with Crippen LogP contribution in [0.4, 0.5) is 0 Å². The van der Waals surface area contributed by atoms with Crippen LogP contribution < -0.4 is 4.18 Å². The Hall–Kier alpha value is -1.93. The van der Waals surface area contributed by atoms with E-state index in [4.69, 9.17) is 4.18 Å². The summed E-state index contributed by atoms with van der Waals surface area (Å²) in [6.45, 7) is 0. The van der Waals surface area contributed by atoms with E-state index in [0.29, 0.717) is 0 Å². The average molecular weight is 252 g/mol. The van der Waals surface area contributed by atoms with E-state index < -0.39 is 0 Å². The molecule has 0 heterocycles. The van der Waals surface area contributed by atoms with Crippen molar-refractivity contribution < 1.29 is 4.18 Å². The molecule has 0 aromatic heterocycles. The normalized spacial score (nSPS) is 10.4. The molecule has 0 aliphatic heterocycles. The van der Waals surface area contributed by atoms with Crippen molar-refractivity contribution in [3.8, 4) is 5.75 Å². The van der Waals surface area contributed by atoms with E-state index in [2.05, 4.69) is 18.2 Å². The maximum absolute atomic E-state index is 5.82. The van der Waals surface area contributed by atoms with E-state index in [1.807, 2.05) is 54.6 Å². The van der Waals surface area contributed by atoms with Crippen LogP contribution in [-0.2, 0) is 0 Å². The van der Waals surface area contributed by atoms with Gasteiger partial charge >= 0.3 is 0 Å². The number of benzene rings is 3. The maximum atomic E-state index is 5.82. The van der Waals surface area contributed by atoms with Crippen LogP contribution in [0.2, 0.25) is 0 Å². The van der Waals surface area contributed by atoms with Gasteiger partial charge < -0.3 is 4.18 Å². The Kier molecular flexibility index (Phi) is 3.20. The molecule has 88 valence electrons. The molecule has 0 saturated carbocycles. The first-order valence-electron chi connectivity index (χ1n) is 5.81. The van der Waals surface area contributed by atoms with Crippen molar-refractivity contribution in [3.63, 3.8) is 0 Å². The second-order valence-electron chi connectivity index (χ2n) is 3.96. The quantitative estimate of drug-likeness (QED) is 0.611. The van der Waals surface area contributed by atoms with Crippen LogP contribution in [-0.4, -0.2) is 0 Å². The van der Waals surface area contributed by atoms with Crippen molar-refractivity contribution in [2.45, 2.75) is 4.90 Å². The molecule has 2 heteroatoms. The Morgan fingerprint density at radius 2 is 1.39 bits per heavy atom. The molecule has 0 unspecified atom stereocenters. The number of hydrogen-bond acceptors (Lipinski definition) is 2. The largest absolute Gasteiger partial charge is 0.420 e. The van der Waals surface area contributed by atoms with Gasteiger partial charge in [0.05, 0.1) is 12.0 Å². The van der Waals surface area contributed by atoms with Gasteiger partial charge in [0.15, 0.2) is 0 Å². The summed E-state index contributed by atoms with van der Waals surface area (Å²) in [5, 5.41) is 2.34. The van der Waals surface area contributed by atoms with Crippen molar-refractivity contribution in [2.24, 2.45) is 0 Å². The molecule has 0 bridgehead atoms. The Labute approximate surface area is 111 Å². The fraction of sp³-hybridized carbons (Fsp3) is 0. The predicted octanol–water partition coefficient (Wildman–Crippen LogP) is 4.93. The van der Waals surface area contributed by atoms with E-state index in [1.165, 1.54) is 17.4 Å². The van der Waals surface area contributed by atoms with Crippen LogP contribution in [0.15, 0.2) is 77.7 Å². The van der Waals surface area contributed by atoms with E-state index in [0.717, 1.165) is 16.0 Å². The van der Waals surface area contributed by atoms with Gasteiger partial charge in [0.25, 0.3) is 0 Å². The first-order valence-corrected chi connectivity index (χ1v) is 6.55. The second-order valence-corrected chi connectivity index (χ2v) is 4.76. The lowest BCUT2D eigenvalue weighted by Crippen LogP contribution is -1.83. The van der Waals surface area contributed by atoms with Gasteiger partial charge in [-0.25, -0.2) is 0 Å². The van der Waals surface area contributed by atoms with E-state index >= 15 is 0 Å². The summed E-state index contributed by atoms with van der Waals surface area (Å²) in [7, 11) is 0. The molecule has 18 heavy (non-hydrogen) atoms. The van der Waals surface area contributed by atoms with Crippen LogP contribution in [0.1, 0.15) is 0 Å². The minimum absolute atomic E-state index is 0.905. The van der Waals surface area contributed by atoms with Crippen LogP contribution in [0.25, 0.3) is 10.8 Å². The third-order valence-electron chi connectivity index (χ3n) is 2.72. The Morgan fingerprint density at radius 3 is 2.28 bits per heavy atom. The molecular formula is C16H12OS. The number of hydrogen-bond donors (Lipinski definition) is 0. The lowest BCUT2D eigenvalue weighted by molar-refractivity contribution is 0.654. The van der Waals surface area contributed by atoms with E-state index in [1.54, 1.807) is 0 Å². The molecule has 0 aliphatic rings. The SMILES string of the molecule is c1ccc(SOc2cccc3ccccc23)cc1. The third kappa shape index (κ3) is 2.34. The van der Waals surface area contributed by atoms with Crippen molar-refractivity contribution in [2.75, 3.05) is 0 Å². The lowest BCUT2D eigenvalue weighted by Gasteiger charge is -2.07. The molecule has 3 aromatic rings. The van der Waals surface area contributed by atoms with Gasteiger partial charge in [-0.2, -0.15) is 0 Å². The summed E-state index contributed by atoms with van der Waals surface area (Å²) < 4.78 is 5.82. The summed E-state index contributed by atoms with van der Waals surface area (Å²) in [5.41, 5.74) is 0. The van der Waals surface area contributed by atoms with E-state index in [-0.39, 0.29) is 0 Å². The summed E-state index contributed by atoms with van der Waals surface area (Å²) in [4.78, 5) is 1.10. The highest BCUT2D eigenvalue weighted by molar-refractivity contribution is 7.95. The van der Waals surface area contributed by atoms with Crippen LogP contribution >= 0.6 is 12.0 Å². The van der Waals surface area contributed by atoms with Gasteiger partial charge in [-0.3, -0.25) is 0 Å². The molecule has 0 saturated heterocycles. The van der Waals surface area contributed by atoms with Crippen LogP contribution in [0.3, 0.4) is 0 Å². The van der Waals surface area contributed by atoms with Crippen LogP contribution in [0.5, 0.6) is 5.75 Å². The molecule has 0 spiro atoms. The summed E-state index contributed by atoms with van der Waals surface area (Å²) >= 11 is 1.39. The zero-order valence-corrected chi connectivity index (χ0v) is 10.6. The number of rotatable bonds is 3. The molecule has 0 fully saturated rings. The summed E-state index contributed by atoms with van der Waals surface area (Å²) in [5.74, 6) is 0.905. The predicted molar refractivity (Wildman–Crippen MR) is 76.9 cm³/mol. The van der Waals surface area contributed by atoms with Crippen molar-refractivity contribution >= 4 is 22.8 Å². The van der Waals surface area contributed by atoms with Crippen molar-refractivity contribution in [3.05, 3.63) is 72.8 Å². The Morgan fingerprint density at radius 1 is 0.667 bits per heavy atom. The van der Waals surface area contributed by atoms with Gasteiger partial charge in [0.1, 0.15) is 5.75 Å². The molecule has 0 aliphatic carbocycles. The molecule has 0 atom stereocenters. The zero-order valence-electron chi connectivity index (χ0n) is 9.74. The highest BCUT2D eigenvalue weighted by Crippen LogP contribution is 2.30. The van der Waals surface area contributed by atoms with E-state index in [9.17, 15) is 0 Å². The molecular weight excluding hydrogens is 240 g/mol. The lowest BCUT2D eigenvalue weighted by atomic mass is 10.1. The van der Waals surface area contributed by atoms with Gasteiger partial charge in [0, 0.05) is 10.3 Å². The van der Waals surface area contributed by atoms with Gasteiger partial charge in [-0.15, -0.1) is 0 Å². The smallest absolute Gasteiger partial charge is 0.145 e. The molecule has 0 amide bonds. The minimum atomic E-state index is 0.905. The second kappa shape index (κ2) is 5.15. The molecule has 3 aromatic carbocycles. The Balaban J connectivity index is 1.87. The summed E-state index contributed by atoms with van der Waals surface area (Å²) in [6, 6.07) is 24.4. The topological polar surface area (TPSA) is 9.23 Å². The molecule has 0 radical (unpaired) electrons. The third-order valence-corrected chi connectivity index (χ3v) is 3.45. The molecule has 1 nitrogen and oxygen atoms in total. The summed E-state index contributed by atoms with van der Waals surface area (Å²) in [6.07, 6.45) is 0.